The van der Waals surface area contributed by atoms with E-state index in [-0.39, 0.29) is 23.3 Å². The van der Waals surface area contributed by atoms with Crippen LogP contribution in [0, 0.1) is 11.3 Å². The van der Waals surface area contributed by atoms with Crippen LogP contribution in [0.15, 0.2) is 42.1 Å². The Hall–Kier alpha value is -3.13. The number of hydrogen-bond donors (Lipinski definition) is 4. The molecule has 8 nitrogen and oxygen atoms in total. The molecule has 8 heteroatoms. The van der Waals surface area contributed by atoms with E-state index in [9.17, 15) is 19.5 Å². The van der Waals surface area contributed by atoms with Gasteiger partial charge >= 0.3 is 5.97 Å². The van der Waals surface area contributed by atoms with Crippen LogP contribution >= 0.6 is 0 Å². The van der Waals surface area contributed by atoms with Gasteiger partial charge < -0.3 is 25.6 Å². The number of carbonyl (C=O) groups excluding carboxylic acids is 2. The summed E-state index contributed by atoms with van der Waals surface area (Å²) in [7, 11) is 3.41. The van der Waals surface area contributed by atoms with E-state index in [1.807, 2.05) is 78.9 Å². The quantitative estimate of drug-likeness (QED) is 0.358. The summed E-state index contributed by atoms with van der Waals surface area (Å²) in [5.74, 6) is -1.60. The van der Waals surface area contributed by atoms with Crippen molar-refractivity contribution in [1.29, 1.82) is 0 Å². The smallest absolute Gasteiger partial charge is 0.331 e. The summed E-state index contributed by atoms with van der Waals surface area (Å²) in [5, 5.41) is 16.6. The molecule has 0 bridgehead atoms. The van der Waals surface area contributed by atoms with Gasteiger partial charge in [0.05, 0.1) is 12.1 Å². The van der Waals surface area contributed by atoms with E-state index in [4.69, 9.17) is 0 Å². The number of hydrogen-bond acceptors (Lipinski definition) is 4. The SMILES string of the molecule is CNC(C(=O)NC(C(=O)N(C)C(C=C(C)C(=O)O)C(C)C)C(C)(C)C)C(C)(C)c1c[nH]c2ccccc12. The van der Waals surface area contributed by atoms with Crippen molar-refractivity contribution >= 4 is 28.7 Å². The Kier molecular flexibility index (Phi) is 9.36. The van der Waals surface area contributed by atoms with Gasteiger partial charge in [-0.25, -0.2) is 4.79 Å². The molecule has 3 atom stereocenters. The molecule has 2 rings (SSSR count). The zero-order valence-electron chi connectivity index (χ0n) is 23.9. The Morgan fingerprint density at radius 2 is 1.65 bits per heavy atom. The number of fused-ring (bicyclic) bond motifs is 1. The number of carbonyl (C=O) groups is 3. The molecular weight excluding hydrogens is 468 g/mol. The van der Waals surface area contributed by atoms with E-state index in [0.29, 0.717) is 0 Å². The van der Waals surface area contributed by atoms with Crippen molar-refractivity contribution in [3.05, 3.63) is 47.7 Å². The maximum absolute atomic E-state index is 13.8. The number of carboxylic acid groups (broad SMARTS) is 1. The fourth-order valence-corrected chi connectivity index (χ4v) is 4.88. The lowest BCUT2D eigenvalue weighted by atomic mass is 9.76. The number of aromatic amines is 1. The second kappa shape index (κ2) is 11.5. The number of carboxylic acids is 1. The fourth-order valence-electron chi connectivity index (χ4n) is 4.88. The number of nitrogens with zero attached hydrogens (tertiary/aromatic N) is 1. The molecule has 2 amide bonds. The van der Waals surface area contributed by atoms with Gasteiger partial charge in [0.2, 0.25) is 11.8 Å². The number of likely N-dealkylation sites (N-methyl/N-ethyl adjacent to an activating group) is 2. The minimum absolute atomic E-state index is 0.0227. The topological polar surface area (TPSA) is 115 Å². The standard InChI is InChI=1S/C29H44N4O4/c1-17(2)22(15-18(3)27(36)37)33(10)26(35)24(28(4,5)6)32-25(34)23(30-9)29(7,8)20-16-31-21-14-12-11-13-19(20)21/h11-17,22-24,30-31H,1-10H3,(H,32,34)(H,36,37). The highest BCUT2D eigenvalue weighted by Gasteiger charge is 2.42. The van der Waals surface area contributed by atoms with Crippen LogP contribution in [-0.4, -0.2) is 65.0 Å². The van der Waals surface area contributed by atoms with Crippen LogP contribution in [0.25, 0.3) is 10.9 Å². The molecule has 0 aliphatic rings. The van der Waals surface area contributed by atoms with Gasteiger partial charge in [-0.15, -0.1) is 0 Å². The van der Waals surface area contributed by atoms with Crippen molar-refractivity contribution in [2.24, 2.45) is 11.3 Å². The number of aliphatic carboxylic acids is 1. The monoisotopic (exact) mass is 512 g/mol. The first-order valence-electron chi connectivity index (χ1n) is 12.8. The minimum Gasteiger partial charge on any atom is -0.478 e. The summed E-state index contributed by atoms with van der Waals surface area (Å²) in [6.07, 6.45) is 3.54. The van der Waals surface area contributed by atoms with Gasteiger partial charge in [0.25, 0.3) is 0 Å². The number of rotatable bonds is 10. The van der Waals surface area contributed by atoms with E-state index < -0.39 is 34.9 Å². The zero-order valence-corrected chi connectivity index (χ0v) is 23.9. The third-order valence-electron chi connectivity index (χ3n) is 7.19. The van der Waals surface area contributed by atoms with Crippen molar-refractivity contribution in [3.8, 4) is 0 Å². The third kappa shape index (κ3) is 6.60. The van der Waals surface area contributed by atoms with Crippen LogP contribution in [-0.2, 0) is 19.8 Å². The molecule has 3 unspecified atom stereocenters. The Morgan fingerprint density at radius 1 is 1.05 bits per heavy atom. The molecule has 37 heavy (non-hydrogen) atoms. The van der Waals surface area contributed by atoms with E-state index in [1.165, 1.54) is 6.92 Å². The normalized spacial score (nSPS) is 15.4. The minimum atomic E-state index is -1.02. The summed E-state index contributed by atoms with van der Waals surface area (Å²) < 4.78 is 0. The molecule has 1 aromatic carbocycles. The van der Waals surface area contributed by atoms with Gasteiger partial charge in [-0.2, -0.15) is 0 Å². The highest BCUT2D eigenvalue weighted by Crippen LogP contribution is 2.34. The lowest BCUT2D eigenvalue weighted by molar-refractivity contribution is -0.141. The summed E-state index contributed by atoms with van der Waals surface area (Å²) in [5.41, 5.74) is 0.983. The molecule has 1 heterocycles. The zero-order chi connectivity index (χ0) is 28.3. The molecule has 0 saturated carbocycles. The van der Waals surface area contributed by atoms with Gasteiger partial charge in [-0.3, -0.25) is 9.59 Å². The number of benzene rings is 1. The molecule has 204 valence electrons. The lowest BCUT2D eigenvalue weighted by Crippen LogP contribution is -2.61. The molecule has 0 radical (unpaired) electrons. The Morgan fingerprint density at radius 3 is 2.16 bits per heavy atom. The van der Waals surface area contributed by atoms with E-state index in [2.05, 4.69) is 15.6 Å². The molecule has 1 aromatic heterocycles. The largest absolute Gasteiger partial charge is 0.478 e. The predicted octanol–water partition coefficient (Wildman–Crippen LogP) is 4.08. The van der Waals surface area contributed by atoms with Crippen LogP contribution in [0.4, 0.5) is 0 Å². The second-order valence-corrected chi connectivity index (χ2v) is 11.8. The van der Waals surface area contributed by atoms with Crippen molar-refractivity contribution in [2.45, 2.75) is 78.9 Å². The molecule has 0 fully saturated rings. The van der Waals surface area contributed by atoms with Gasteiger partial charge in [0, 0.05) is 35.1 Å². The second-order valence-electron chi connectivity index (χ2n) is 11.8. The molecular formula is C29H44N4O4. The van der Waals surface area contributed by atoms with Crippen LogP contribution in [0.3, 0.4) is 0 Å². The first-order chi connectivity index (χ1) is 17.0. The molecule has 0 aliphatic carbocycles. The number of aromatic nitrogens is 1. The third-order valence-corrected chi connectivity index (χ3v) is 7.19. The van der Waals surface area contributed by atoms with Gasteiger partial charge in [0.1, 0.15) is 6.04 Å². The van der Waals surface area contributed by atoms with Gasteiger partial charge in [0.15, 0.2) is 0 Å². The first kappa shape index (κ1) is 30.1. The van der Waals surface area contributed by atoms with E-state index in [0.717, 1.165) is 16.5 Å². The maximum Gasteiger partial charge on any atom is 0.331 e. The highest BCUT2D eigenvalue weighted by molar-refractivity contribution is 5.93. The number of para-hydroxylation sites is 1. The summed E-state index contributed by atoms with van der Waals surface area (Å²) >= 11 is 0. The average molecular weight is 513 g/mol. The number of amides is 2. The van der Waals surface area contributed by atoms with E-state index >= 15 is 0 Å². The summed E-state index contributed by atoms with van der Waals surface area (Å²) in [4.78, 5) is 43.8. The predicted molar refractivity (Wildman–Crippen MR) is 148 cm³/mol. The van der Waals surface area contributed by atoms with Crippen LogP contribution in [0.5, 0.6) is 0 Å². The Balaban J connectivity index is 2.40. The number of H-pyrrole nitrogens is 1. The van der Waals surface area contributed by atoms with Crippen molar-refractivity contribution < 1.29 is 19.5 Å². The Bertz CT molecular complexity index is 1160. The first-order valence-corrected chi connectivity index (χ1v) is 12.8. The van der Waals surface area contributed by atoms with E-state index in [1.54, 1.807) is 25.1 Å². The van der Waals surface area contributed by atoms with Gasteiger partial charge in [-0.1, -0.05) is 72.7 Å². The molecule has 2 aromatic rings. The maximum atomic E-state index is 13.8. The van der Waals surface area contributed by atoms with Crippen LogP contribution in [0.1, 0.15) is 61.0 Å². The fraction of sp³-hybridized carbons (Fsp3) is 0.552. The van der Waals surface area contributed by atoms with Crippen molar-refractivity contribution in [1.82, 2.24) is 20.5 Å². The van der Waals surface area contributed by atoms with Crippen molar-refractivity contribution in [3.63, 3.8) is 0 Å². The number of nitrogens with one attached hydrogen (secondary N) is 3. The average Bonchev–Trinajstić information content (AvgIpc) is 3.24. The molecule has 4 N–H and O–H groups in total. The van der Waals surface area contributed by atoms with Gasteiger partial charge in [-0.05, 0) is 36.9 Å². The Labute approximate surface area is 220 Å². The molecule has 0 aliphatic heterocycles. The molecule has 0 spiro atoms. The highest BCUT2D eigenvalue weighted by atomic mass is 16.4. The summed E-state index contributed by atoms with van der Waals surface area (Å²) in [6, 6.07) is 6.09. The van der Waals surface area contributed by atoms with Crippen molar-refractivity contribution in [2.75, 3.05) is 14.1 Å². The van der Waals surface area contributed by atoms with Crippen LogP contribution in [0.2, 0.25) is 0 Å². The van der Waals surface area contributed by atoms with Crippen LogP contribution < -0.4 is 10.6 Å². The summed E-state index contributed by atoms with van der Waals surface area (Å²) in [6.45, 7) is 15.1. The molecule has 0 saturated heterocycles. The lowest BCUT2D eigenvalue weighted by Gasteiger charge is -2.39.